The first kappa shape index (κ1) is 31.0. The normalized spacial score (nSPS) is 23.7. The molecule has 0 radical (unpaired) electrons. The Bertz CT molecular complexity index is 746. The Morgan fingerprint density at radius 1 is 1.39 bits per heavy atom. The molecular weight excluding hydrogens is 403 g/mol. The molecule has 2 rings (SSSR count). The van der Waals surface area contributed by atoms with E-state index in [0.717, 1.165) is 4.57 Å². The maximum absolute atomic E-state index is 11.7. The first-order valence-electron chi connectivity index (χ1n) is 6.96. The van der Waals surface area contributed by atoms with Crippen molar-refractivity contribution in [3.63, 3.8) is 0 Å². The van der Waals surface area contributed by atoms with E-state index < -0.39 is 58.1 Å². The molecule has 1 aromatic heterocycles. The molecule has 0 saturated carbocycles. The molecule has 0 aliphatic carbocycles. The summed E-state index contributed by atoms with van der Waals surface area (Å²) in [6.07, 6.45) is -2.23. The fourth-order valence-electron chi connectivity index (χ4n) is 2.24. The van der Waals surface area contributed by atoms with E-state index in [0.29, 0.717) is 0 Å². The van der Waals surface area contributed by atoms with Crippen LogP contribution >= 0.6 is 15.5 Å². The molecular formula is C11H15Li3N2O10P2. The number of aryl methyl sites for hydroxylation is 1. The van der Waals surface area contributed by atoms with Gasteiger partial charge in [0.2, 0.25) is 0 Å². The number of ether oxygens (including phenoxy) is 1. The second-order valence-corrected chi connectivity index (χ2v) is 9.42. The maximum Gasteiger partial charge on any atom is 1.00 e. The maximum atomic E-state index is 11.7. The summed E-state index contributed by atoms with van der Waals surface area (Å²) in [6, 6.07) is 0. The van der Waals surface area contributed by atoms with E-state index in [4.69, 9.17) is 4.74 Å². The summed E-state index contributed by atoms with van der Waals surface area (Å²) in [5, 5.41) is 21.2. The molecule has 0 amide bonds. The minimum atomic E-state index is -5.27. The van der Waals surface area contributed by atoms with E-state index in [1.807, 2.05) is 0 Å². The van der Waals surface area contributed by atoms with Gasteiger partial charge >= 0.3 is 69.9 Å². The number of nitrogens with zero attached hydrogens (tertiary/aromatic N) is 2. The van der Waals surface area contributed by atoms with Crippen LogP contribution in [-0.2, 0) is 13.8 Å². The molecule has 2 heterocycles. The SMILES string of the molecule is Cc1cn([C@H]2C[C@H](O)[C@@H](COP(=O)(O)C[P+]([O-])([O-])[O-])O2)c(=O)nc1[O-].[Li+].[Li+].[Li+]. The largest absolute Gasteiger partial charge is 1.00 e. The fraction of sp³-hybridized carbons (Fsp3) is 0.636. The number of aromatic nitrogens is 2. The Balaban J connectivity index is 0. The van der Waals surface area contributed by atoms with Crippen LogP contribution in [0.5, 0.6) is 5.88 Å². The summed E-state index contributed by atoms with van der Waals surface area (Å²) < 4.78 is 22.4. The van der Waals surface area contributed by atoms with Crippen LogP contribution in [0.15, 0.2) is 11.0 Å². The molecule has 17 heteroatoms. The number of hydrogen-bond donors (Lipinski definition) is 2. The summed E-state index contributed by atoms with van der Waals surface area (Å²) in [4.78, 5) is 56.0. The van der Waals surface area contributed by atoms with Crippen LogP contribution in [-0.4, -0.2) is 44.3 Å². The topological polar surface area (TPSA) is 203 Å². The standard InChI is InChI=1S/C11H18N2O10P2.3Li/c1-6-3-13(11(16)12-10(6)15)9-2-7(14)8(23-9)4-22-25(20,21)5-24(17,18)19;;;/h3,7-9,14H,2,4-5H2,1H3,(H,20,21)(H,12,15,16)(H2,17,18,19);;;/q;3*+1/p-3/t7-,8+,9+;;;/m0.../s1. The number of aliphatic hydroxyl groups excluding tert-OH is 1. The second kappa shape index (κ2) is 12.0. The summed E-state index contributed by atoms with van der Waals surface area (Å²) in [5.74, 6) is -2.28. The predicted octanol–water partition coefficient (Wildman–Crippen LogP) is -12.7. The van der Waals surface area contributed by atoms with E-state index in [1.54, 1.807) is 0 Å². The van der Waals surface area contributed by atoms with Crippen molar-refractivity contribution in [2.45, 2.75) is 31.8 Å². The van der Waals surface area contributed by atoms with Crippen LogP contribution < -0.4 is 82.1 Å². The average Bonchev–Trinajstić information content (AvgIpc) is 2.79. The Hall–Kier alpha value is 0.852. The van der Waals surface area contributed by atoms with E-state index >= 15 is 0 Å². The molecule has 0 spiro atoms. The van der Waals surface area contributed by atoms with Gasteiger partial charge in [0.05, 0.1) is 12.7 Å². The Morgan fingerprint density at radius 3 is 2.50 bits per heavy atom. The molecule has 1 aromatic rings. The molecule has 1 unspecified atom stereocenters. The van der Waals surface area contributed by atoms with E-state index in [9.17, 15) is 39.1 Å². The van der Waals surface area contributed by atoms with Crippen molar-refractivity contribution in [2.75, 3.05) is 12.5 Å². The van der Waals surface area contributed by atoms with Crippen LogP contribution in [0.3, 0.4) is 0 Å². The second-order valence-electron chi connectivity index (χ2n) is 5.54. The first-order chi connectivity index (χ1) is 11.4. The summed E-state index contributed by atoms with van der Waals surface area (Å²) >= 11 is 0. The zero-order valence-electron chi connectivity index (χ0n) is 15.9. The molecule has 0 bridgehead atoms. The molecule has 2 N–H and O–H groups in total. The fourth-order valence-corrected chi connectivity index (χ4v) is 4.70. The van der Waals surface area contributed by atoms with Crippen LogP contribution in [0.1, 0.15) is 18.2 Å². The Labute approximate surface area is 196 Å². The Morgan fingerprint density at radius 2 is 1.96 bits per heavy atom. The predicted molar refractivity (Wildman–Crippen MR) is 74.8 cm³/mol. The quantitative estimate of drug-likeness (QED) is 0.328. The van der Waals surface area contributed by atoms with Crippen molar-refractivity contribution in [3.8, 4) is 5.88 Å². The van der Waals surface area contributed by atoms with Crippen molar-refractivity contribution >= 4 is 15.5 Å². The van der Waals surface area contributed by atoms with Gasteiger partial charge in [-0.3, -0.25) is 9.13 Å². The van der Waals surface area contributed by atoms with Gasteiger partial charge in [-0.05, 0) is 18.4 Å². The summed E-state index contributed by atoms with van der Waals surface area (Å²) in [7, 11) is -9.98. The Kier molecular flexibility index (Phi) is 13.3. The molecule has 4 atom stereocenters. The average molecular weight is 418 g/mol. The van der Waals surface area contributed by atoms with Crippen molar-refractivity contribution in [1.29, 1.82) is 0 Å². The molecule has 1 fully saturated rings. The van der Waals surface area contributed by atoms with Crippen LogP contribution in [0.4, 0.5) is 0 Å². The van der Waals surface area contributed by atoms with Crippen molar-refractivity contribution in [2.24, 2.45) is 0 Å². The summed E-state index contributed by atoms with van der Waals surface area (Å²) in [6.45, 7) is 0.760. The van der Waals surface area contributed by atoms with Crippen LogP contribution in [0.25, 0.3) is 0 Å². The molecule has 142 valence electrons. The molecule has 28 heavy (non-hydrogen) atoms. The minimum Gasteiger partial charge on any atom is -0.858 e. The smallest absolute Gasteiger partial charge is 0.858 e. The first-order valence-corrected chi connectivity index (χ1v) is 10.4. The molecule has 12 nitrogen and oxygen atoms in total. The van der Waals surface area contributed by atoms with Gasteiger partial charge < -0.3 is 39.0 Å². The van der Waals surface area contributed by atoms with Crippen molar-refractivity contribution in [3.05, 3.63) is 22.2 Å². The van der Waals surface area contributed by atoms with Gasteiger partial charge in [0.1, 0.15) is 18.2 Å². The summed E-state index contributed by atoms with van der Waals surface area (Å²) in [5.41, 5.74) is -0.709. The van der Waals surface area contributed by atoms with Crippen molar-refractivity contribution in [1.82, 2.24) is 9.55 Å². The van der Waals surface area contributed by atoms with Gasteiger partial charge in [0, 0.05) is 12.6 Å². The molecule has 1 aliphatic heterocycles. The number of hydrogen-bond acceptors (Lipinski definition) is 10. The zero-order valence-corrected chi connectivity index (χ0v) is 17.7. The molecule has 0 aromatic carbocycles. The number of aliphatic hydroxyl groups is 1. The van der Waals surface area contributed by atoms with E-state index in [-0.39, 0.29) is 68.6 Å². The monoisotopic (exact) mass is 418 g/mol. The van der Waals surface area contributed by atoms with E-state index in [1.165, 1.54) is 13.1 Å². The van der Waals surface area contributed by atoms with Gasteiger partial charge in [0.25, 0.3) is 0 Å². The van der Waals surface area contributed by atoms with E-state index in [2.05, 4.69) is 9.51 Å². The van der Waals surface area contributed by atoms with Crippen LogP contribution in [0, 0.1) is 6.92 Å². The van der Waals surface area contributed by atoms with Gasteiger partial charge in [-0.15, -0.1) is 0 Å². The van der Waals surface area contributed by atoms with Crippen LogP contribution in [0.2, 0.25) is 0 Å². The third-order valence-corrected chi connectivity index (χ3v) is 6.76. The van der Waals surface area contributed by atoms with Crippen molar-refractivity contribution < 1.29 is 100 Å². The van der Waals surface area contributed by atoms with Gasteiger partial charge in [-0.25, -0.2) is 9.78 Å². The third kappa shape index (κ3) is 8.92. The third-order valence-electron chi connectivity index (χ3n) is 3.40. The number of rotatable bonds is 6. The zero-order chi connectivity index (χ0) is 19.0. The van der Waals surface area contributed by atoms with Gasteiger partial charge in [-0.1, -0.05) is 0 Å². The molecule has 1 saturated heterocycles. The van der Waals surface area contributed by atoms with Gasteiger partial charge in [0.15, 0.2) is 0 Å². The minimum absolute atomic E-state index is 0. The molecule has 1 aliphatic rings. The van der Waals surface area contributed by atoms with Gasteiger partial charge in [-0.2, -0.15) is 7.94 Å².